The summed E-state index contributed by atoms with van der Waals surface area (Å²) in [5, 5.41) is 0. The third-order valence-corrected chi connectivity index (χ3v) is 12.0. The Morgan fingerprint density at radius 2 is 1.22 bits per heavy atom. The fraction of sp³-hybridized carbons (Fsp3) is 0.913. The van der Waals surface area contributed by atoms with Gasteiger partial charge in [0, 0.05) is 0 Å². The maximum atomic E-state index is 11.8. The van der Waals surface area contributed by atoms with E-state index in [1.165, 1.54) is 25.5 Å². The lowest BCUT2D eigenvalue weighted by Crippen LogP contribution is -2.48. The van der Waals surface area contributed by atoms with Crippen molar-refractivity contribution < 1.29 is 12.6 Å². The highest BCUT2D eigenvalue weighted by Crippen LogP contribution is 2.80. The minimum absolute atomic E-state index is 0.000755. The molecule has 4 heteroatoms. The van der Waals surface area contributed by atoms with Gasteiger partial charge in [-0.3, -0.25) is 4.18 Å². The Morgan fingerprint density at radius 3 is 1.85 bits per heavy atom. The maximum Gasteiger partial charge on any atom is 0.264 e. The molecule has 8 aliphatic rings. The molecule has 0 radical (unpaired) electrons. The van der Waals surface area contributed by atoms with E-state index in [4.69, 9.17) is 4.18 Å². The number of allylic oxidation sites excluding steroid dienone is 2. The van der Waals surface area contributed by atoms with Gasteiger partial charge in [-0.25, -0.2) is 0 Å². The SMILES string of the molecule is CS(=O)(=O)OC1CC2CC1C1C3CC(C21)C1C2CC(C4C5C=CC(C5)C24)C31. The van der Waals surface area contributed by atoms with Crippen molar-refractivity contribution in [3.8, 4) is 0 Å². The summed E-state index contributed by atoms with van der Waals surface area (Å²) in [5.74, 6) is 12.9. The predicted octanol–water partition coefficient (Wildman–Crippen LogP) is 3.57. The van der Waals surface area contributed by atoms with Gasteiger partial charge in [0.25, 0.3) is 10.1 Å². The second-order valence-electron chi connectivity index (χ2n) is 11.8. The molecule has 7 saturated carbocycles. The van der Waals surface area contributed by atoms with Gasteiger partial charge in [0.2, 0.25) is 0 Å². The number of fused-ring (bicyclic) bond motifs is 23. The summed E-state index contributed by atoms with van der Waals surface area (Å²) in [6.07, 6.45) is 13.2. The Morgan fingerprint density at radius 1 is 0.667 bits per heavy atom. The zero-order valence-corrected chi connectivity index (χ0v) is 16.8. The van der Waals surface area contributed by atoms with E-state index in [1.54, 1.807) is 6.42 Å². The van der Waals surface area contributed by atoms with E-state index in [9.17, 15) is 8.42 Å². The van der Waals surface area contributed by atoms with E-state index < -0.39 is 10.1 Å². The molecule has 27 heavy (non-hydrogen) atoms. The van der Waals surface area contributed by atoms with Gasteiger partial charge in [-0.15, -0.1) is 0 Å². The molecule has 7 fully saturated rings. The molecule has 0 N–H and O–H groups in total. The monoisotopic (exact) mass is 386 g/mol. The van der Waals surface area contributed by atoms with Crippen LogP contribution in [0.15, 0.2) is 12.2 Å². The van der Waals surface area contributed by atoms with Crippen molar-refractivity contribution in [2.24, 2.45) is 82.9 Å². The van der Waals surface area contributed by atoms with Crippen molar-refractivity contribution in [2.45, 2.75) is 38.2 Å². The Labute approximate surface area is 162 Å². The van der Waals surface area contributed by atoms with Crippen LogP contribution in [0.2, 0.25) is 0 Å². The van der Waals surface area contributed by atoms with Crippen LogP contribution in [0, 0.1) is 82.9 Å². The quantitative estimate of drug-likeness (QED) is 0.414. The van der Waals surface area contributed by atoms with Crippen LogP contribution in [-0.2, 0) is 14.3 Å². The van der Waals surface area contributed by atoms with E-state index >= 15 is 0 Å². The molecule has 0 aliphatic heterocycles. The van der Waals surface area contributed by atoms with Crippen LogP contribution in [0.3, 0.4) is 0 Å². The molecular weight excluding hydrogens is 356 g/mol. The zero-order valence-electron chi connectivity index (χ0n) is 16.0. The third kappa shape index (κ3) is 1.64. The minimum Gasteiger partial charge on any atom is -0.267 e. The third-order valence-electron chi connectivity index (χ3n) is 11.4. The van der Waals surface area contributed by atoms with E-state index in [0.29, 0.717) is 5.92 Å². The highest BCUT2D eigenvalue weighted by atomic mass is 32.2. The molecule has 0 aromatic heterocycles. The summed E-state index contributed by atoms with van der Waals surface area (Å²) < 4.78 is 29.1. The van der Waals surface area contributed by atoms with Gasteiger partial charge < -0.3 is 0 Å². The zero-order chi connectivity index (χ0) is 17.8. The molecule has 0 spiro atoms. The molecule has 8 bridgehead atoms. The first-order chi connectivity index (χ1) is 13.0. The first-order valence-electron chi connectivity index (χ1n) is 11.6. The standard InChI is InChI=1S/C23H30O3S/c1-27(24,25)26-17-6-11-5-12(17)21-16-8-15(20(11)21)22-13-7-14(23(16)22)19-10-3-2-9(4-10)18(13)19/h2-3,9-23H,4-8H2,1H3. The fourth-order valence-corrected chi connectivity index (χ4v) is 12.4. The molecule has 8 rings (SSSR count). The van der Waals surface area contributed by atoms with Crippen LogP contribution >= 0.6 is 0 Å². The molecule has 0 aromatic rings. The average Bonchev–Trinajstić information content (AvgIpc) is 3.43. The van der Waals surface area contributed by atoms with Gasteiger partial charge in [-0.2, -0.15) is 8.42 Å². The van der Waals surface area contributed by atoms with Crippen LogP contribution in [0.5, 0.6) is 0 Å². The van der Waals surface area contributed by atoms with E-state index in [1.807, 2.05) is 0 Å². The normalized spacial score (nSPS) is 68.1. The van der Waals surface area contributed by atoms with Gasteiger partial charge in [0.05, 0.1) is 12.4 Å². The van der Waals surface area contributed by atoms with Crippen LogP contribution in [0.4, 0.5) is 0 Å². The lowest BCUT2D eigenvalue weighted by atomic mass is 9.55. The van der Waals surface area contributed by atoms with Crippen LogP contribution in [-0.4, -0.2) is 20.8 Å². The summed E-state index contributed by atoms with van der Waals surface area (Å²) in [6, 6.07) is 0. The lowest BCUT2D eigenvalue weighted by Gasteiger charge is -2.50. The first kappa shape index (κ1) is 15.5. The first-order valence-corrected chi connectivity index (χ1v) is 13.4. The van der Waals surface area contributed by atoms with Gasteiger partial charge in [-0.05, 0) is 115 Å². The Kier molecular flexibility index (Phi) is 2.60. The molecule has 15 unspecified atom stereocenters. The molecule has 15 atom stereocenters. The molecule has 146 valence electrons. The molecule has 0 amide bonds. The van der Waals surface area contributed by atoms with E-state index in [0.717, 1.165) is 83.4 Å². The molecular formula is C23H30O3S. The van der Waals surface area contributed by atoms with Crippen molar-refractivity contribution in [1.29, 1.82) is 0 Å². The average molecular weight is 387 g/mol. The Balaban J connectivity index is 1.15. The summed E-state index contributed by atoms with van der Waals surface area (Å²) in [6.45, 7) is 0. The molecule has 3 nitrogen and oxygen atoms in total. The number of hydrogen-bond donors (Lipinski definition) is 0. The number of hydrogen-bond acceptors (Lipinski definition) is 3. The van der Waals surface area contributed by atoms with Gasteiger partial charge in [0.1, 0.15) is 0 Å². The molecule has 0 heterocycles. The Bertz CT molecular complexity index is 863. The summed E-state index contributed by atoms with van der Waals surface area (Å²) in [4.78, 5) is 0. The van der Waals surface area contributed by atoms with Crippen LogP contribution in [0.25, 0.3) is 0 Å². The largest absolute Gasteiger partial charge is 0.267 e. The van der Waals surface area contributed by atoms with Crippen LogP contribution < -0.4 is 0 Å². The van der Waals surface area contributed by atoms with Crippen molar-refractivity contribution >= 4 is 10.1 Å². The fourth-order valence-electron chi connectivity index (χ4n) is 11.8. The summed E-state index contributed by atoms with van der Waals surface area (Å²) in [7, 11) is -3.32. The maximum absolute atomic E-state index is 11.8. The van der Waals surface area contributed by atoms with Crippen molar-refractivity contribution in [3.05, 3.63) is 12.2 Å². The smallest absolute Gasteiger partial charge is 0.264 e. The highest BCUT2D eigenvalue weighted by molar-refractivity contribution is 7.86. The Hall–Kier alpha value is -0.350. The summed E-state index contributed by atoms with van der Waals surface area (Å²) >= 11 is 0. The van der Waals surface area contributed by atoms with Crippen molar-refractivity contribution in [2.75, 3.05) is 6.26 Å². The van der Waals surface area contributed by atoms with Gasteiger partial charge in [0.15, 0.2) is 0 Å². The lowest BCUT2D eigenvalue weighted by molar-refractivity contribution is -0.0392. The van der Waals surface area contributed by atoms with Gasteiger partial charge >= 0.3 is 0 Å². The molecule has 8 aliphatic carbocycles. The minimum atomic E-state index is -3.32. The molecule has 0 aromatic carbocycles. The second kappa shape index (κ2) is 4.53. The van der Waals surface area contributed by atoms with Crippen molar-refractivity contribution in [3.63, 3.8) is 0 Å². The summed E-state index contributed by atoms with van der Waals surface area (Å²) in [5.41, 5.74) is 0. The van der Waals surface area contributed by atoms with E-state index in [-0.39, 0.29) is 6.10 Å². The highest BCUT2D eigenvalue weighted by Gasteiger charge is 2.76. The van der Waals surface area contributed by atoms with E-state index in [2.05, 4.69) is 12.2 Å². The topological polar surface area (TPSA) is 43.4 Å². The van der Waals surface area contributed by atoms with Gasteiger partial charge in [-0.1, -0.05) is 12.2 Å². The molecule has 0 saturated heterocycles. The van der Waals surface area contributed by atoms with Crippen molar-refractivity contribution in [1.82, 2.24) is 0 Å². The second-order valence-corrected chi connectivity index (χ2v) is 13.4. The predicted molar refractivity (Wildman–Crippen MR) is 101 cm³/mol. The van der Waals surface area contributed by atoms with Crippen LogP contribution in [0.1, 0.15) is 32.1 Å². The number of rotatable bonds is 2.